The topological polar surface area (TPSA) is 21.3 Å². The number of rotatable bonds is 6. The van der Waals surface area contributed by atoms with Gasteiger partial charge in [-0.3, -0.25) is 0 Å². The van der Waals surface area contributed by atoms with Crippen LogP contribution in [0, 0.1) is 5.41 Å². The number of hydrogen-bond acceptors (Lipinski definition) is 2. The zero-order valence-corrected chi connectivity index (χ0v) is 10.7. The highest BCUT2D eigenvalue weighted by molar-refractivity contribution is 5.20. The summed E-state index contributed by atoms with van der Waals surface area (Å²) >= 11 is 0. The van der Waals surface area contributed by atoms with Crippen LogP contribution in [0.1, 0.15) is 32.1 Å². The zero-order chi connectivity index (χ0) is 12.0. The number of para-hydroxylation sites is 1. The summed E-state index contributed by atoms with van der Waals surface area (Å²) in [5, 5.41) is 3.34. The largest absolute Gasteiger partial charge is 0.494 e. The molecule has 0 spiro atoms. The Morgan fingerprint density at radius 1 is 1.18 bits per heavy atom. The normalized spacial score (nSPS) is 18.2. The molecule has 0 saturated heterocycles. The van der Waals surface area contributed by atoms with Crippen molar-refractivity contribution in [2.24, 2.45) is 5.41 Å². The molecule has 2 nitrogen and oxygen atoms in total. The van der Waals surface area contributed by atoms with Gasteiger partial charge in [0.1, 0.15) is 5.75 Å². The molecule has 0 amide bonds. The molecule has 0 bridgehead atoms. The number of hydrogen-bond donors (Lipinski definition) is 1. The molecule has 0 aliphatic heterocycles. The molecule has 1 aromatic rings. The van der Waals surface area contributed by atoms with Crippen molar-refractivity contribution in [3.63, 3.8) is 0 Å². The van der Waals surface area contributed by atoms with Crippen LogP contribution < -0.4 is 10.1 Å². The Labute approximate surface area is 104 Å². The Bertz CT molecular complexity index is 317. The van der Waals surface area contributed by atoms with Gasteiger partial charge in [-0.25, -0.2) is 0 Å². The number of ether oxygens (including phenoxy) is 1. The predicted octanol–water partition coefficient (Wildman–Crippen LogP) is 3.24. The van der Waals surface area contributed by atoms with E-state index >= 15 is 0 Å². The minimum absolute atomic E-state index is 0.490. The summed E-state index contributed by atoms with van der Waals surface area (Å²) < 4.78 is 5.81. The standard InChI is InChI=1S/C15H23NO/c1-16-13-15(9-5-6-10-15)11-12-17-14-7-3-2-4-8-14/h2-4,7-8,16H,5-6,9-13H2,1H3. The fraction of sp³-hybridized carbons (Fsp3) is 0.600. The van der Waals surface area contributed by atoms with Gasteiger partial charge in [-0.1, -0.05) is 31.0 Å². The van der Waals surface area contributed by atoms with Gasteiger partial charge in [0, 0.05) is 6.54 Å². The van der Waals surface area contributed by atoms with Gasteiger partial charge in [-0.15, -0.1) is 0 Å². The SMILES string of the molecule is CNCC1(CCOc2ccccc2)CCCC1. The van der Waals surface area contributed by atoms with Crippen molar-refractivity contribution >= 4 is 0 Å². The van der Waals surface area contributed by atoms with Crippen molar-refractivity contribution in [3.05, 3.63) is 30.3 Å². The minimum atomic E-state index is 0.490. The van der Waals surface area contributed by atoms with Gasteiger partial charge in [0.2, 0.25) is 0 Å². The fourth-order valence-corrected chi connectivity index (χ4v) is 2.92. The molecule has 0 atom stereocenters. The van der Waals surface area contributed by atoms with Crippen LogP contribution in [0.25, 0.3) is 0 Å². The van der Waals surface area contributed by atoms with Crippen LogP contribution in [-0.4, -0.2) is 20.2 Å². The molecule has 1 aliphatic rings. The average Bonchev–Trinajstić information content (AvgIpc) is 2.80. The Hall–Kier alpha value is -1.02. The summed E-state index contributed by atoms with van der Waals surface area (Å²) in [6.07, 6.45) is 6.64. The van der Waals surface area contributed by atoms with Crippen molar-refractivity contribution in [1.82, 2.24) is 5.32 Å². The molecule has 1 fully saturated rings. The first-order valence-electron chi connectivity index (χ1n) is 6.67. The highest BCUT2D eigenvalue weighted by Crippen LogP contribution is 2.40. The van der Waals surface area contributed by atoms with Crippen LogP contribution in [-0.2, 0) is 0 Å². The second kappa shape index (κ2) is 6.06. The molecule has 1 saturated carbocycles. The maximum absolute atomic E-state index is 5.81. The summed E-state index contributed by atoms with van der Waals surface area (Å²) in [5.41, 5.74) is 0.490. The maximum atomic E-state index is 5.81. The lowest BCUT2D eigenvalue weighted by atomic mass is 9.83. The van der Waals surface area contributed by atoms with Crippen molar-refractivity contribution in [3.8, 4) is 5.75 Å². The lowest BCUT2D eigenvalue weighted by Crippen LogP contribution is -2.31. The molecule has 94 valence electrons. The average molecular weight is 233 g/mol. The van der Waals surface area contributed by atoms with Gasteiger partial charge in [0.15, 0.2) is 0 Å². The second-order valence-electron chi connectivity index (χ2n) is 5.15. The van der Waals surface area contributed by atoms with E-state index in [4.69, 9.17) is 4.74 Å². The molecule has 1 aliphatic carbocycles. The molecule has 2 heteroatoms. The molecule has 0 unspecified atom stereocenters. The first-order valence-corrected chi connectivity index (χ1v) is 6.67. The van der Waals surface area contributed by atoms with E-state index in [9.17, 15) is 0 Å². The predicted molar refractivity (Wildman–Crippen MR) is 71.4 cm³/mol. The molecular formula is C15H23NO. The Balaban J connectivity index is 1.80. The Morgan fingerprint density at radius 2 is 1.88 bits per heavy atom. The zero-order valence-electron chi connectivity index (χ0n) is 10.7. The monoisotopic (exact) mass is 233 g/mol. The summed E-state index contributed by atoms with van der Waals surface area (Å²) in [4.78, 5) is 0. The van der Waals surface area contributed by atoms with Gasteiger partial charge in [-0.05, 0) is 43.9 Å². The van der Waals surface area contributed by atoms with Crippen molar-refractivity contribution in [1.29, 1.82) is 0 Å². The van der Waals surface area contributed by atoms with E-state index < -0.39 is 0 Å². The van der Waals surface area contributed by atoms with Crippen LogP contribution in [0.3, 0.4) is 0 Å². The highest BCUT2D eigenvalue weighted by atomic mass is 16.5. The first kappa shape index (κ1) is 12.4. The van der Waals surface area contributed by atoms with E-state index in [1.807, 2.05) is 30.3 Å². The lowest BCUT2D eigenvalue weighted by molar-refractivity contribution is 0.195. The number of benzene rings is 1. The summed E-state index contributed by atoms with van der Waals surface area (Å²) in [7, 11) is 2.05. The molecule has 0 aromatic heterocycles. The lowest BCUT2D eigenvalue weighted by Gasteiger charge is -2.28. The minimum Gasteiger partial charge on any atom is -0.494 e. The van der Waals surface area contributed by atoms with Gasteiger partial charge in [-0.2, -0.15) is 0 Å². The Kier molecular flexibility index (Phi) is 4.43. The quantitative estimate of drug-likeness (QED) is 0.814. The Morgan fingerprint density at radius 3 is 2.53 bits per heavy atom. The smallest absolute Gasteiger partial charge is 0.119 e. The van der Waals surface area contributed by atoms with Crippen molar-refractivity contribution in [2.45, 2.75) is 32.1 Å². The highest BCUT2D eigenvalue weighted by Gasteiger charge is 2.32. The van der Waals surface area contributed by atoms with Crippen molar-refractivity contribution in [2.75, 3.05) is 20.2 Å². The van der Waals surface area contributed by atoms with Crippen LogP contribution in [0.15, 0.2) is 30.3 Å². The molecule has 0 radical (unpaired) electrons. The fourth-order valence-electron chi connectivity index (χ4n) is 2.92. The van der Waals surface area contributed by atoms with Gasteiger partial charge < -0.3 is 10.1 Å². The maximum Gasteiger partial charge on any atom is 0.119 e. The third-order valence-corrected chi connectivity index (χ3v) is 3.86. The van der Waals surface area contributed by atoms with Crippen LogP contribution in [0.5, 0.6) is 5.75 Å². The van der Waals surface area contributed by atoms with E-state index in [1.54, 1.807) is 0 Å². The molecule has 17 heavy (non-hydrogen) atoms. The van der Waals surface area contributed by atoms with Crippen LogP contribution in [0.2, 0.25) is 0 Å². The van der Waals surface area contributed by atoms with E-state index in [2.05, 4.69) is 12.4 Å². The molecule has 1 N–H and O–H groups in total. The van der Waals surface area contributed by atoms with Crippen LogP contribution >= 0.6 is 0 Å². The third-order valence-electron chi connectivity index (χ3n) is 3.86. The third kappa shape index (κ3) is 3.47. The second-order valence-corrected chi connectivity index (χ2v) is 5.15. The molecule has 0 heterocycles. The summed E-state index contributed by atoms with van der Waals surface area (Å²) in [5.74, 6) is 0.991. The number of nitrogens with one attached hydrogen (secondary N) is 1. The van der Waals surface area contributed by atoms with Gasteiger partial charge in [0.05, 0.1) is 6.61 Å². The first-order chi connectivity index (χ1) is 8.35. The molecule has 2 rings (SSSR count). The molecular weight excluding hydrogens is 210 g/mol. The van der Waals surface area contributed by atoms with E-state index in [1.165, 1.54) is 32.1 Å². The van der Waals surface area contributed by atoms with Crippen molar-refractivity contribution < 1.29 is 4.74 Å². The summed E-state index contributed by atoms with van der Waals surface area (Å²) in [6.45, 7) is 1.97. The van der Waals surface area contributed by atoms with E-state index in [0.29, 0.717) is 5.41 Å². The van der Waals surface area contributed by atoms with E-state index in [-0.39, 0.29) is 0 Å². The van der Waals surface area contributed by atoms with Crippen LogP contribution in [0.4, 0.5) is 0 Å². The summed E-state index contributed by atoms with van der Waals surface area (Å²) in [6, 6.07) is 10.1. The van der Waals surface area contributed by atoms with E-state index in [0.717, 1.165) is 18.9 Å². The molecule has 1 aromatic carbocycles. The van der Waals surface area contributed by atoms with Gasteiger partial charge in [0.25, 0.3) is 0 Å². The van der Waals surface area contributed by atoms with Gasteiger partial charge >= 0.3 is 0 Å².